The van der Waals surface area contributed by atoms with Crippen molar-refractivity contribution in [2.45, 2.75) is 24.5 Å². The van der Waals surface area contributed by atoms with Crippen LogP contribution in [0.4, 0.5) is 35.5 Å². The quantitative estimate of drug-likeness (QED) is 0.443. The minimum atomic E-state index is -5.01. The lowest BCUT2D eigenvalue weighted by Gasteiger charge is -2.29. The maximum atomic E-state index is 13.4. The van der Waals surface area contributed by atoms with Crippen LogP contribution in [0, 0.1) is 5.82 Å². The third-order valence-corrected chi connectivity index (χ3v) is 5.30. The van der Waals surface area contributed by atoms with E-state index in [1.54, 1.807) is 0 Å². The van der Waals surface area contributed by atoms with Crippen LogP contribution < -0.4 is 5.32 Å². The summed E-state index contributed by atoms with van der Waals surface area (Å²) in [5.41, 5.74) is -4.39. The van der Waals surface area contributed by atoms with Gasteiger partial charge in [0.15, 0.2) is 0 Å². The van der Waals surface area contributed by atoms with E-state index in [1.165, 1.54) is 12.1 Å². The van der Waals surface area contributed by atoms with Gasteiger partial charge < -0.3 is 19.7 Å². The number of nitrogens with one attached hydrogen (secondary N) is 1. The van der Waals surface area contributed by atoms with Gasteiger partial charge in [0.1, 0.15) is 17.9 Å². The van der Waals surface area contributed by atoms with Crippen molar-refractivity contribution in [2.75, 3.05) is 26.8 Å². The lowest BCUT2D eigenvalue weighted by Crippen LogP contribution is -2.44. The number of amides is 2. The molecule has 6 nitrogen and oxygen atoms in total. The lowest BCUT2D eigenvalue weighted by molar-refractivity contribution is -0.143. The Hall–Kier alpha value is -3.35. The second-order valence-electron chi connectivity index (χ2n) is 7.86. The smallest absolute Gasteiger partial charge is 0.416 e. The molecule has 1 heterocycles. The average molecular weight is 508 g/mol. The first-order chi connectivity index (χ1) is 16.2. The molecule has 2 aromatic carbocycles. The second kappa shape index (κ2) is 9.72. The van der Waals surface area contributed by atoms with Crippen LogP contribution in [-0.4, -0.2) is 43.7 Å². The molecule has 0 spiro atoms. The van der Waals surface area contributed by atoms with E-state index >= 15 is 0 Å². The normalized spacial score (nSPS) is 18.5. The summed E-state index contributed by atoms with van der Waals surface area (Å²) >= 11 is 0. The zero-order valence-electron chi connectivity index (χ0n) is 18.1. The van der Waals surface area contributed by atoms with E-state index in [4.69, 9.17) is 4.74 Å². The van der Waals surface area contributed by atoms with E-state index in [-0.39, 0.29) is 12.6 Å². The molecule has 1 saturated heterocycles. The molecule has 0 aromatic heterocycles. The number of urea groups is 1. The van der Waals surface area contributed by atoms with Gasteiger partial charge in [-0.2, -0.15) is 26.3 Å². The van der Waals surface area contributed by atoms with Crippen LogP contribution in [-0.2, 0) is 38.8 Å². The highest BCUT2D eigenvalue weighted by molar-refractivity contribution is 5.83. The van der Waals surface area contributed by atoms with Crippen LogP contribution in [0.15, 0.2) is 42.5 Å². The molecule has 1 N–H and O–H groups in total. The monoisotopic (exact) mass is 508 g/mol. The van der Waals surface area contributed by atoms with Crippen molar-refractivity contribution >= 4 is 12.0 Å². The highest BCUT2D eigenvalue weighted by Gasteiger charge is 2.45. The minimum absolute atomic E-state index is 0.00535. The van der Waals surface area contributed by atoms with Crippen LogP contribution in [0.5, 0.6) is 0 Å². The number of benzene rings is 2. The summed E-state index contributed by atoms with van der Waals surface area (Å²) in [5.74, 6) is -1.30. The van der Waals surface area contributed by atoms with Crippen LogP contribution in [0.1, 0.15) is 22.3 Å². The highest BCUT2D eigenvalue weighted by Crippen LogP contribution is 2.37. The predicted molar refractivity (Wildman–Crippen MR) is 106 cm³/mol. The number of rotatable bonds is 7. The molecule has 0 bridgehead atoms. The summed E-state index contributed by atoms with van der Waals surface area (Å²) < 4.78 is 102. The number of esters is 1. The van der Waals surface area contributed by atoms with Gasteiger partial charge in [-0.05, 0) is 41.5 Å². The first-order valence-corrected chi connectivity index (χ1v) is 9.99. The molecule has 0 aliphatic carbocycles. The fraction of sp³-hybridized carbons (Fsp3) is 0.364. The lowest BCUT2D eigenvalue weighted by atomic mass is 9.91. The molecule has 1 aliphatic rings. The van der Waals surface area contributed by atoms with Crippen molar-refractivity contribution in [2.24, 2.45) is 0 Å². The summed E-state index contributed by atoms with van der Waals surface area (Å²) in [6.07, 6.45) is -10.0. The molecule has 35 heavy (non-hydrogen) atoms. The second-order valence-corrected chi connectivity index (χ2v) is 7.86. The molecule has 1 fully saturated rings. The Bertz CT molecular complexity index is 1050. The molecule has 1 atom stereocenters. The fourth-order valence-electron chi connectivity index (χ4n) is 3.61. The maximum Gasteiger partial charge on any atom is 0.416 e. The van der Waals surface area contributed by atoms with Crippen molar-refractivity contribution < 1.29 is 49.8 Å². The predicted octanol–water partition coefficient (Wildman–Crippen LogP) is 4.47. The van der Waals surface area contributed by atoms with Crippen LogP contribution in [0.2, 0.25) is 0 Å². The molecule has 3 rings (SSSR count). The van der Waals surface area contributed by atoms with Gasteiger partial charge in [-0.25, -0.2) is 9.18 Å². The number of alkyl halides is 6. The van der Waals surface area contributed by atoms with Crippen LogP contribution >= 0.6 is 0 Å². The number of hydrogen-bond donors (Lipinski definition) is 1. The van der Waals surface area contributed by atoms with E-state index in [2.05, 4.69) is 10.1 Å². The SMILES string of the molecule is COC(=O)CN1CC(COCc2cc(C(F)(F)F)cc(C(F)(F)F)c2)(c2ccc(F)cc2)NC1=O. The first kappa shape index (κ1) is 26.3. The van der Waals surface area contributed by atoms with Gasteiger partial charge in [-0.1, -0.05) is 12.1 Å². The van der Waals surface area contributed by atoms with E-state index in [1.807, 2.05) is 0 Å². The van der Waals surface area contributed by atoms with Crippen molar-refractivity contribution in [3.8, 4) is 0 Å². The van der Waals surface area contributed by atoms with Crippen molar-refractivity contribution in [3.63, 3.8) is 0 Å². The van der Waals surface area contributed by atoms with Gasteiger partial charge in [-0.15, -0.1) is 0 Å². The van der Waals surface area contributed by atoms with Crippen molar-refractivity contribution in [1.82, 2.24) is 10.2 Å². The van der Waals surface area contributed by atoms with Crippen LogP contribution in [0.3, 0.4) is 0 Å². The number of carbonyl (C=O) groups excluding carboxylic acids is 2. The number of carbonyl (C=O) groups is 2. The number of halogens is 7. The largest absolute Gasteiger partial charge is 0.468 e. The Balaban J connectivity index is 1.86. The summed E-state index contributed by atoms with van der Waals surface area (Å²) in [6, 6.07) is 5.28. The Kier molecular flexibility index (Phi) is 7.29. The molecule has 0 radical (unpaired) electrons. The standard InChI is InChI=1S/C22H19F7N2O4/c1-34-18(32)9-31-11-20(30-19(31)33,14-2-4-17(23)5-3-14)12-35-10-13-6-15(21(24,25)26)8-16(7-13)22(27,28)29/h2-8H,9-12H2,1H3,(H,30,33). The van der Waals surface area contributed by atoms with E-state index in [9.17, 15) is 40.3 Å². The zero-order valence-corrected chi connectivity index (χ0v) is 18.1. The summed E-state index contributed by atoms with van der Waals surface area (Å²) in [7, 11) is 1.12. The summed E-state index contributed by atoms with van der Waals surface area (Å²) in [4.78, 5) is 25.2. The molecule has 2 amide bonds. The zero-order chi connectivity index (χ0) is 26.0. The molecule has 1 unspecified atom stereocenters. The van der Waals surface area contributed by atoms with Crippen LogP contribution in [0.25, 0.3) is 0 Å². The van der Waals surface area contributed by atoms with E-state index in [0.717, 1.165) is 24.1 Å². The Morgan fingerprint density at radius 1 is 1.03 bits per heavy atom. The van der Waals surface area contributed by atoms with Gasteiger partial charge in [0, 0.05) is 0 Å². The highest BCUT2D eigenvalue weighted by atomic mass is 19.4. The van der Waals surface area contributed by atoms with Crippen molar-refractivity contribution in [3.05, 3.63) is 70.5 Å². The summed E-state index contributed by atoms with van der Waals surface area (Å²) in [6.45, 7) is -1.64. The first-order valence-electron chi connectivity index (χ1n) is 9.99. The molecular formula is C22H19F7N2O4. The number of ether oxygens (including phenoxy) is 2. The average Bonchev–Trinajstić information content (AvgIpc) is 3.08. The van der Waals surface area contributed by atoms with E-state index in [0.29, 0.717) is 17.7 Å². The third-order valence-electron chi connectivity index (χ3n) is 5.30. The van der Waals surface area contributed by atoms with E-state index < -0.39 is 72.2 Å². The summed E-state index contributed by atoms with van der Waals surface area (Å²) in [5, 5.41) is 2.61. The van der Waals surface area contributed by atoms with Gasteiger partial charge in [0.2, 0.25) is 0 Å². The fourth-order valence-corrected chi connectivity index (χ4v) is 3.61. The Labute approximate surface area is 194 Å². The maximum absolute atomic E-state index is 13.4. The van der Waals surface area contributed by atoms with Gasteiger partial charge in [-0.3, -0.25) is 4.79 Å². The third kappa shape index (κ3) is 6.21. The van der Waals surface area contributed by atoms with Gasteiger partial charge in [0.25, 0.3) is 0 Å². The minimum Gasteiger partial charge on any atom is -0.468 e. The molecule has 190 valence electrons. The van der Waals surface area contributed by atoms with Crippen molar-refractivity contribution in [1.29, 1.82) is 0 Å². The topological polar surface area (TPSA) is 67.9 Å². The molecule has 1 aliphatic heterocycles. The number of hydrogen-bond acceptors (Lipinski definition) is 4. The van der Waals surface area contributed by atoms with Gasteiger partial charge >= 0.3 is 24.4 Å². The molecule has 0 saturated carbocycles. The number of methoxy groups -OCH3 is 1. The Morgan fingerprint density at radius 2 is 1.60 bits per heavy atom. The molecule has 13 heteroatoms. The Morgan fingerprint density at radius 3 is 2.11 bits per heavy atom. The van der Waals surface area contributed by atoms with Gasteiger partial charge in [0.05, 0.1) is 38.0 Å². The molecule has 2 aromatic rings. The number of nitrogens with zero attached hydrogens (tertiary/aromatic N) is 1. The molecular weight excluding hydrogens is 489 g/mol.